The van der Waals surface area contributed by atoms with Crippen molar-refractivity contribution in [1.29, 1.82) is 0 Å². The molecule has 0 saturated heterocycles. The van der Waals surface area contributed by atoms with E-state index in [0.717, 1.165) is 16.8 Å². The van der Waals surface area contributed by atoms with E-state index < -0.39 is 0 Å². The van der Waals surface area contributed by atoms with Crippen LogP contribution in [-0.2, 0) is 4.79 Å². The van der Waals surface area contributed by atoms with E-state index >= 15 is 0 Å². The number of amides is 1. The van der Waals surface area contributed by atoms with Crippen molar-refractivity contribution >= 4 is 23.5 Å². The summed E-state index contributed by atoms with van der Waals surface area (Å²) < 4.78 is 26.0. The summed E-state index contributed by atoms with van der Waals surface area (Å²) >= 11 is 1.50. The molecule has 29 heavy (non-hydrogen) atoms. The Morgan fingerprint density at radius 3 is 2.62 bits per heavy atom. The van der Waals surface area contributed by atoms with E-state index in [2.05, 4.69) is 10.4 Å². The molecule has 0 fully saturated rings. The molecule has 4 rings (SSSR count). The molecule has 150 valence electrons. The van der Waals surface area contributed by atoms with Gasteiger partial charge in [-0.05, 0) is 49.4 Å². The van der Waals surface area contributed by atoms with Crippen LogP contribution in [0.5, 0.6) is 11.5 Å². The Morgan fingerprint density at radius 1 is 1.17 bits per heavy atom. The standard InChI is InChI=1S/C21H20FN3O3S/c1-12-19-20(16-10-15(27-2)8-9-17(16)28-3)29-11-18(26)23-21(19)25(24-12)14-6-4-13(22)5-7-14/h4-10,20H,11H2,1-3H3,(H,23,26)/t20-/m1/s1. The molecule has 0 saturated carbocycles. The topological polar surface area (TPSA) is 65.4 Å². The monoisotopic (exact) mass is 413 g/mol. The van der Waals surface area contributed by atoms with Crippen LogP contribution in [0.2, 0.25) is 0 Å². The van der Waals surface area contributed by atoms with Crippen LogP contribution in [0, 0.1) is 12.7 Å². The summed E-state index contributed by atoms with van der Waals surface area (Å²) in [6, 6.07) is 11.6. The number of nitrogens with one attached hydrogen (secondary N) is 1. The molecule has 0 spiro atoms. The molecule has 1 aliphatic heterocycles. The van der Waals surface area contributed by atoms with Gasteiger partial charge in [-0.1, -0.05) is 0 Å². The first-order valence-electron chi connectivity index (χ1n) is 9.00. The lowest BCUT2D eigenvalue weighted by Gasteiger charge is -2.19. The molecule has 0 radical (unpaired) electrons. The highest BCUT2D eigenvalue weighted by Crippen LogP contribution is 2.47. The van der Waals surface area contributed by atoms with Gasteiger partial charge < -0.3 is 14.8 Å². The number of thioether (sulfide) groups is 1. The normalized spacial score (nSPS) is 16.0. The van der Waals surface area contributed by atoms with Crippen molar-refractivity contribution in [3.8, 4) is 17.2 Å². The molecular weight excluding hydrogens is 393 g/mol. The maximum atomic E-state index is 13.4. The number of carbonyl (C=O) groups excluding carboxylic acids is 1. The average Bonchev–Trinajstić information content (AvgIpc) is 2.93. The molecule has 1 N–H and O–H groups in total. The van der Waals surface area contributed by atoms with Crippen molar-refractivity contribution in [3.63, 3.8) is 0 Å². The number of rotatable bonds is 4. The van der Waals surface area contributed by atoms with Crippen molar-refractivity contribution < 1.29 is 18.7 Å². The zero-order valence-electron chi connectivity index (χ0n) is 16.2. The number of methoxy groups -OCH3 is 2. The number of aromatic nitrogens is 2. The Morgan fingerprint density at radius 2 is 1.93 bits per heavy atom. The first kappa shape index (κ1) is 19.3. The van der Waals surface area contributed by atoms with Gasteiger partial charge in [-0.3, -0.25) is 4.79 Å². The van der Waals surface area contributed by atoms with E-state index in [1.54, 1.807) is 31.0 Å². The maximum Gasteiger partial charge on any atom is 0.235 e. The van der Waals surface area contributed by atoms with E-state index in [1.807, 2.05) is 25.1 Å². The summed E-state index contributed by atoms with van der Waals surface area (Å²) in [6.07, 6.45) is 0. The van der Waals surface area contributed by atoms with Crippen LogP contribution in [0.25, 0.3) is 5.69 Å². The van der Waals surface area contributed by atoms with E-state index in [1.165, 1.54) is 23.9 Å². The van der Waals surface area contributed by atoms with Gasteiger partial charge in [0.1, 0.15) is 23.1 Å². The number of fused-ring (bicyclic) bond motifs is 1. The fraction of sp³-hybridized carbons (Fsp3) is 0.238. The zero-order chi connectivity index (χ0) is 20.5. The maximum absolute atomic E-state index is 13.4. The third-order valence-electron chi connectivity index (χ3n) is 4.80. The lowest BCUT2D eigenvalue weighted by atomic mass is 10.0. The Kier molecular flexibility index (Phi) is 5.19. The minimum atomic E-state index is -0.331. The van der Waals surface area contributed by atoms with E-state index in [0.29, 0.717) is 23.0 Å². The van der Waals surface area contributed by atoms with E-state index in [-0.39, 0.29) is 22.7 Å². The van der Waals surface area contributed by atoms with E-state index in [9.17, 15) is 9.18 Å². The predicted molar refractivity (Wildman–Crippen MR) is 111 cm³/mol. The number of nitrogens with zero attached hydrogens (tertiary/aromatic N) is 2. The summed E-state index contributed by atoms with van der Waals surface area (Å²) in [5.41, 5.74) is 3.22. The number of aryl methyl sites for hydroxylation is 1. The molecule has 0 aliphatic carbocycles. The second-order valence-electron chi connectivity index (χ2n) is 6.58. The van der Waals surface area contributed by atoms with Gasteiger partial charge in [0.25, 0.3) is 0 Å². The number of ether oxygens (including phenoxy) is 2. The largest absolute Gasteiger partial charge is 0.497 e. The number of halogens is 1. The summed E-state index contributed by atoms with van der Waals surface area (Å²) in [5, 5.41) is 7.41. The highest BCUT2D eigenvalue weighted by atomic mass is 32.2. The lowest BCUT2D eigenvalue weighted by molar-refractivity contribution is -0.113. The second-order valence-corrected chi connectivity index (χ2v) is 7.68. The number of hydrogen-bond acceptors (Lipinski definition) is 5. The second kappa shape index (κ2) is 7.79. The van der Waals surface area contributed by atoms with Gasteiger partial charge in [-0.25, -0.2) is 9.07 Å². The third-order valence-corrected chi connectivity index (χ3v) is 6.05. The van der Waals surface area contributed by atoms with Crippen molar-refractivity contribution in [2.24, 2.45) is 0 Å². The van der Waals surface area contributed by atoms with Gasteiger partial charge in [-0.2, -0.15) is 5.10 Å². The summed E-state index contributed by atoms with van der Waals surface area (Å²) in [6.45, 7) is 1.90. The van der Waals surface area contributed by atoms with Crippen LogP contribution in [-0.4, -0.2) is 35.7 Å². The lowest BCUT2D eigenvalue weighted by Crippen LogP contribution is -2.15. The zero-order valence-corrected chi connectivity index (χ0v) is 17.0. The fourth-order valence-corrected chi connectivity index (χ4v) is 4.65. The first-order valence-corrected chi connectivity index (χ1v) is 10.1. The molecule has 1 aliphatic rings. The third kappa shape index (κ3) is 3.55. The highest BCUT2D eigenvalue weighted by molar-refractivity contribution is 8.00. The molecule has 0 bridgehead atoms. The van der Waals surface area contributed by atoms with Crippen LogP contribution in [0.4, 0.5) is 10.2 Å². The number of anilines is 1. The summed E-state index contributed by atoms with van der Waals surface area (Å²) in [5.74, 6) is 1.82. The van der Waals surface area contributed by atoms with Gasteiger partial charge in [0.05, 0.1) is 36.6 Å². The van der Waals surface area contributed by atoms with Gasteiger partial charge in [0.2, 0.25) is 5.91 Å². The number of hydrogen-bond donors (Lipinski definition) is 1. The van der Waals surface area contributed by atoms with Crippen LogP contribution in [0.3, 0.4) is 0 Å². The summed E-state index contributed by atoms with van der Waals surface area (Å²) in [7, 11) is 3.23. The number of carbonyl (C=O) groups is 1. The van der Waals surface area contributed by atoms with Crippen LogP contribution < -0.4 is 14.8 Å². The fourth-order valence-electron chi connectivity index (χ4n) is 3.44. The van der Waals surface area contributed by atoms with Crippen LogP contribution in [0.1, 0.15) is 22.1 Å². The van der Waals surface area contributed by atoms with Gasteiger partial charge in [0, 0.05) is 11.1 Å². The molecule has 8 heteroatoms. The number of benzene rings is 2. The van der Waals surface area contributed by atoms with Crippen LogP contribution in [0.15, 0.2) is 42.5 Å². The Labute approximate surface area is 172 Å². The smallest absolute Gasteiger partial charge is 0.235 e. The average molecular weight is 413 g/mol. The van der Waals surface area contributed by atoms with Crippen molar-refractivity contribution in [1.82, 2.24) is 9.78 Å². The highest BCUT2D eigenvalue weighted by Gasteiger charge is 2.32. The molecule has 0 unspecified atom stereocenters. The Hall–Kier alpha value is -3.00. The van der Waals surface area contributed by atoms with Crippen molar-refractivity contribution in [3.05, 3.63) is 65.1 Å². The molecule has 1 atom stereocenters. The predicted octanol–water partition coefficient (Wildman–Crippen LogP) is 4.11. The van der Waals surface area contributed by atoms with Crippen LogP contribution >= 0.6 is 11.8 Å². The molecule has 1 aromatic heterocycles. The van der Waals surface area contributed by atoms with Gasteiger partial charge in [-0.15, -0.1) is 11.8 Å². The van der Waals surface area contributed by atoms with Gasteiger partial charge in [0.15, 0.2) is 0 Å². The first-order chi connectivity index (χ1) is 14.0. The Balaban J connectivity index is 1.91. The van der Waals surface area contributed by atoms with Gasteiger partial charge >= 0.3 is 0 Å². The summed E-state index contributed by atoms with van der Waals surface area (Å²) in [4.78, 5) is 12.5. The molecule has 1 amide bonds. The molecule has 2 heterocycles. The quantitative estimate of drug-likeness (QED) is 0.697. The van der Waals surface area contributed by atoms with Crippen molar-refractivity contribution in [2.75, 3.05) is 25.3 Å². The van der Waals surface area contributed by atoms with E-state index in [4.69, 9.17) is 9.47 Å². The molecule has 2 aromatic carbocycles. The molecule has 3 aromatic rings. The van der Waals surface area contributed by atoms with Crippen molar-refractivity contribution in [2.45, 2.75) is 12.2 Å². The SMILES string of the molecule is COc1ccc(OC)c([C@H]2SCC(=O)Nc3c2c(C)nn3-c2ccc(F)cc2)c1. The Bertz CT molecular complexity index is 1070. The molecular formula is C21H20FN3O3S. The molecule has 6 nitrogen and oxygen atoms in total. The minimum absolute atomic E-state index is 0.121. The minimum Gasteiger partial charge on any atom is -0.497 e.